The van der Waals surface area contributed by atoms with Gasteiger partial charge in [0, 0.05) is 0 Å². The second-order valence-corrected chi connectivity index (χ2v) is 7.65. The first-order chi connectivity index (χ1) is 11.7. The van der Waals surface area contributed by atoms with Gasteiger partial charge in [0.05, 0.1) is 12.1 Å². The van der Waals surface area contributed by atoms with Gasteiger partial charge in [0.2, 0.25) is 5.91 Å². The van der Waals surface area contributed by atoms with Crippen LogP contribution in [0.25, 0.3) is 0 Å². The molecule has 0 bridgehead atoms. The van der Waals surface area contributed by atoms with E-state index >= 15 is 0 Å². The van der Waals surface area contributed by atoms with Crippen LogP contribution in [0.4, 0.5) is 0 Å². The molecule has 0 aromatic heterocycles. The van der Waals surface area contributed by atoms with Crippen molar-refractivity contribution in [3.05, 3.63) is 70.3 Å². The molecule has 1 amide bonds. The molecule has 0 unspecified atom stereocenters. The molecular weight excluding hydrogens is 308 g/mol. The standard InChI is InChI=1S/C22H28N2O/c1-15-7-8-18(13-16(15)2)14-21(25)24-23-17(3)19-9-11-20(12-10-19)22(4,5)6/h7-13H,14H2,1-6H3,(H,24,25)/b23-17+. The van der Waals surface area contributed by atoms with Gasteiger partial charge in [-0.25, -0.2) is 5.43 Å². The second-order valence-electron chi connectivity index (χ2n) is 7.65. The molecule has 2 rings (SSSR count). The van der Waals surface area contributed by atoms with Gasteiger partial charge >= 0.3 is 0 Å². The third kappa shape index (κ3) is 5.28. The van der Waals surface area contributed by atoms with Crippen LogP contribution < -0.4 is 5.43 Å². The molecule has 0 aliphatic heterocycles. The molecule has 0 fully saturated rings. The Morgan fingerprint density at radius 2 is 1.64 bits per heavy atom. The van der Waals surface area contributed by atoms with Crippen molar-refractivity contribution in [2.45, 2.75) is 53.4 Å². The van der Waals surface area contributed by atoms with Gasteiger partial charge in [0.1, 0.15) is 0 Å². The fourth-order valence-electron chi connectivity index (χ4n) is 2.56. The Morgan fingerprint density at radius 3 is 2.20 bits per heavy atom. The van der Waals surface area contributed by atoms with E-state index in [1.165, 1.54) is 16.7 Å². The fraction of sp³-hybridized carbons (Fsp3) is 0.364. The molecule has 1 N–H and O–H groups in total. The Balaban J connectivity index is 2.00. The van der Waals surface area contributed by atoms with Gasteiger partial charge in [0.25, 0.3) is 0 Å². The highest BCUT2D eigenvalue weighted by molar-refractivity contribution is 5.99. The summed E-state index contributed by atoms with van der Waals surface area (Å²) in [4.78, 5) is 12.1. The number of rotatable bonds is 4. The summed E-state index contributed by atoms with van der Waals surface area (Å²) in [6.45, 7) is 12.6. The lowest BCUT2D eigenvalue weighted by Gasteiger charge is -2.19. The van der Waals surface area contributed by atoms with Gasteiger partial charge in [-0.1, -0.05) is 63.2 Å². The number of nitrogens with zero attached hydrogens (tertiary/aromatic N) is 1. The summed E-state index contributed by atoms with van der Waals surface area (Å²) >= 11 is 0. The molecule has 25 heavy (non-hydrogen) atoms. The van der Waals surface area contributed by atoms with Crippen molar-refractivity contribution in [1.29, 1.82) is 0 Å². The molecule has 3 nitrogen and oxygen atoms in total. The first-order valence-corrected chi connectivity index (χ1v) is 8.67. The first kappa shape index (κ1) is 18.9. The number of hydrazone groups is 1. The largest absolute Gasteiger partial charge is 0.273 e. The predicted octanol–water partition coefficient (Wildman–Crippen LogP) is 4.68. The Hall–Kier alpha value is -2.42. The molecule has 0 saturated carbocycles. The molecule has 0 aliphatic rings. The molecule has 3 heteroatoms. The van der Waals surface area contributed by atoms with Gasteiger partial charge < -0.3 is 0 Å². The van der Waals surface area contributed by atoms with E-state index in [0.29, 0.717) is 6.42 Å². The molecule has 0 heterocycles. The molecular formula is C22H28N2O. The van der Waals surface area contributed by atoms with Crippen molar-refractivity contribution in [1.82, 2.24) is 5.43 Å². The van der Waals surface area contributed by atoms with E-state index in [9.17, 15) is 4.79 Å². The van der Waals surface area contributed by atoms with E-state index in [0.717, 1.165) is 16.8 Å². The minimum atomic E-state index is -0.103. The van der Waals surface area contributed by atoms with Crippen molar-refractivity contribution in [3.63, 3.8) is 0 Å². The Bertz CT molecular complexity index is 781. The highest BCUT2D eigenvalue weighted by Crippen LogP contribution is 2.22. The SMILES string of the molecule is C/C(=N\NC(=O)Cc1ccc(C)c(C)c1)c1ccc(C(C)(C)C)cc1. The van der Waals surface area contributed by atoms with E-state index in [1.54, 1.807) is 0 Å². The number of aryl methyl sites for hydroxylation is 2. The van der Waals surface area contributed by atoms with Crippen LogP contribution in [-0.4, -0.2) is 11.6 Å². The van der Waals surface area contributed by atoms with Crippen LogP contribution in [0.3, 0.4) is 0 Å². The van der Waals surface area contributed by atoms with E-state index in [-0.39, 0.29) is 11.3 Å². The Kier molecular flexibility index (Phi) is 5.78. The van der Waals surface area contributed by atoms with E-state index in [1.807, 2.05) is 19.1 Å². The quantitative estimate of drug-likeness (QED) is 0.639. The normalized spacial score (nSPS) is 12.2. The minimum absolute atomic E-state index is 0.103. The second kappa shape index (κ2) is 7.64. The molecule has 0 radical (unpaired) electrons. The maximum Gasteiger partial charge on any atom is 0.244 e. The maximum atomic E-state index is 12.1. The van der Waals surface area contributed by atoms with Crippen LogP contribution in [0.2, 0.25) is 0 Å². The number of amides is 1. The number of hydrogen-bond donors (Lipinski definition) is 1. The summed E-state index contributed by atoms with van der Waals surface area (Å²) in [5, 5.41) is 4.24. The number of carbonyl (C=O) groups excluding carboxylic acids is 1. The average molecular weight is 336 g/mol. The number of hydrogen-bond acceptors (Lipinski definition) is 2. The lowest BCUT2D eigenvalue weighted by atomic mass is 9.86. The zero-order valence-corrected chi connectivity index (χ0v) is 16.1. The van der Waals surface area contributed by atoms with Crippen molar-refractivity contribution in [2.75, 3.05) is 0 Å². The molecule has 0 aliphatic carbocycles. The van der Waals surface area contributed by atoms with E-state index < -0.39 is 0 Å². The van der Waals surface area contributed by atoms with Crippen LogP contribution in [0.1, 0.15) is 55.5 Å². The predicted molar refractivity (Wildman–Crippen MR) is 105 cm³/mol. The van der Waals surface area contributed by atoms with E-state index in [4.69, 9.17) is 0 Å². The van der Waals surface area contributed by atoms with Gasteiger partial charge in [-0.3, -0.25) is 4.79 Å². The van der Waals surface area contributed by atoms with Crippen LogP contribution >= 0.6 is 0 Å². The highest BCUT2D eigenvalue weighted by Gasteiger charge is 2.13. The summed E-state index contributed by atoms with van der Waals surface area (Å²) in [6.07, 6.45) is 0.334. The summed E-state index contributed by atoms with van der Waals surface area (Å²) < 4.78 is 0. The zero-order valence-electron chi connectivity index (χ0n) is 16.1. The average Bonchev–Trinajstić information content (AvgIpc) is 2.55. The lowest BCUT2D eigenvalue weighted by molar-refractivity contribution is -0.120. The van der Waals surface area contributed by atoms with Crippen LogP contribution in [0, 0.1) is 13.8 Å². The zero-order chi connectivity index (χ0) is 18.6. The monoisotopic (exact) mass is 336 g/mol. The van der Waals surface area contributed by atoms with Crippen LogP contribution in [0.15, 0.2) is 47.6 Å². The summed E-state index contributed by atoms with van der Waals surface area (Å²) in [6, 6.07) is 14.4. The number of carbonyl (C=O) groups is 1. The summed E-state index contributed by atoms with van der Waals surface area (Å²) in [5.41, 5.74) is 9.31. The smallest absolute Gasteiger partial charge is 0.244 e. The van der Waals surface area contributed by atoms with Crippen molar-refractivity contribution in [3.8, 4) is 0 Å². The molecule has 2 aromatic rings. The van der Waals surface area contributed by atoms with Crippen LogP contribution in [0.5, 0.6) is 0 Å². The van der Waals surface area contributed by atoms with Crippen molar-refractivity contribution in [2.24, 2.45) is 5.10 Å². The first-order valence-electron chi connectivity index (χ1n) is 8.67. The van der Waals surface area contributed by atoms with Crippen LogP contribution in [-0.2, 0) is 16.6 Å². The van der Waals surface area contributed by atoms with Gasteiger partial charge in [-0.2, -0.15) is 5.10 Å². The third-order valence-electron chi connectivity index (χ3n) is 4.45. The molecule has 2 aromatic carbocycles. The highest BCUT2D eigenvalue weighted by atomic mass is 16.2. The molecule has 0 spiro atoms. The Labute approximate surface area is 151 Å². The van der Waals surface area contributed by atoms with Gasteiger partial charge in [-0.15, -0.1) is 0 Å². The Morgan fingerprint density at radius 1 is 1.00 bits per heavy atom. The van der Waals surface area contributed by atoms with Gasteiger partial charge in [-0.05, 0) is 54.0 Å². The summed E-state index contributed by atoms with van der Waals surface area (Å²) in [7, 11) is 0. The lowest BCUT2D eigenvalue weighted by Crippen LogP contribution is -2.21. The van der Waals surface area contributed by atoms with E-state index in [2.05, 4.69) is 75.5 Å². The molecule has 0 saturated heterocycles. The third-order valence-corrected chi connectivity index (χ3v) is 4.45. The topological polar surface area (TPSA) is 41.5 Å². The van der Waals surface area contributed by atoms with Crippen molar-refractivity contribution >= 4 is 11.6 Å². The molecule has 0 atom stereocenters. The molecule has 132 valence electrons. The number of benzene rings is 2. The minimum Gasteiger partial charge on any atom is -0.273 e. The van der Waals surface area contributed by atoms with Crippen molar-refractivity contribution < 1.29 is 4.79 Å². The number of nitrogens with one attached hydrogen (secondary N) is 1. The maximum absolute atomic E-state index is 12.1. The summed E-state index contributed by atoms with van der Waals surface area (Å²) in [5.74, 6) is -0.103. The fourth-order valence-corrected chi connectivity index (χ4v) is 2.56. The van der Waals surface area contributed by atoms with Gasteiger partial charge in [0.15, 0.2) is 0 Å².